The second kappa shape index (κ2) is 3.59. The van der Waals surface area contributed by atoms with Gasteiger partial charge in [-0.1, -0.05) is 24.3 Å². The summed E-state index contributed by atoms with van der Waals surface area (Å²) in [6.45, 7) is 0. The van der Waals surface area contributed by atoms with Crippen molar-refractivity contribution in [3.8, 4) is 5.75 Å². The molecule has 0 aliphatic heterocycles. The maximum atomic E-state index is 11.2. The topological polar surface area (TPSA) is 66.8 Å². The second-order valence-electron chi connectivity index (χ2n) is 3.06. The van der Waals surface area contributed by atoms with Crippen LogP contribution in [0.4, 0.5) is 0 Å². The zero-order valence-electron chi connectivity index (χ0n) is 7.68. The van der Waals surface area contributed by atoms with Crippen LogP contribution in [0.3, 0.4) is 0 Å². The first-order valence-electron chi connectivity index (χ1n) is 4.30. The minimum atomic E-state index is -0.841. The lowest BCUT2D eigenvalue weighted by molar-refractivity contribution is -0.182. The molecular formula is C11H8O4. The minimum absolute atomic E-state index is 0.0834. The van der Waals surface area contributed by atoms with Gasteiger partial charge >= 0.3 is 5.97 Å². The Morgan fingerprint density at radius 1 is 1.07 bits per heavy atom. The first-order chi connectivity index (χ1) is 7.24. The van der Waals surface area contributed by atoms with Crippen LogP contribution in [0.25, 0.3) is 10.8 Å². The summed E-state index contributed by atoms with van der Waals surface area (Å²) in [5.74, 6) is -0.758. The second-order valence-corrected chi connectivity index (χ2v) is 3.06. The molecule has 0 aromatic heterocycles. The summed E-state index contributed by atoms with van der Waals surface area (Å²) in [6, 6.07) is 9.61. The van der Waals surface area contributed by atoms with Gasteiger partial charge in [-0.15, -0.1) is 0 Å². The van der Waals surface area contributed by atoms with Gasteiger partial charge in [-0.2, -0.15) is 5.26 Å². The Labute approximate surface area is 85.3 Å². The van der Waals surface area contributed by atoms with Crippen LogP contribution in [0.15, 0.2) is 36.4 Å². The summed E-state index contributed by atoms with van der Waals surface area (Å²) < 4.78 is 0. The molecule has 4 nitrogen and oxygen atoms in total. The van der Waals surface area contributed by atoms with Gasteiger partial charge in [0.15, 0.2) is 0 Å². The predicted molar refractivity (Wildman–Crippen MR) is 53.7 cm³/mol. The molecule has 0 aliphatic carbocycles. The van der Waals surface area contributed by atoms with E-state index in [4.69, 9.17) is 5.26 Å². The number of phenols is 1. The van der Waals surface area contributed by atoms with Crippen molar-refractivity contribution in [2.45, 2.75) is 0 Å². The van der Waals surface area contributed by atoms with Gasteiger partial charge in [0.2, 0.25) is 0 Å². The molecule has 0 amide bonds. The summed E-state index contributed by atoms with van der Waals surface area (Å²) in [7, 11) is 0. The van der Waals surface area contributed by atoms with Crippen LogP contribution < -0.4 is 0 Å². The summed E-state index contributed by atoms with van der Waals surface area (Å²) in [6.07, 6.45) is 0. The van der Waals surface area contributed by atoms with Crippen LogP contribution in [0.1, 0.15) is 10.4 Å². The quantitative estimate of drug-likeness (QED) is 0.551. The van der Waals surface area contributed by atoms with E-state index in [0.717, 1.165) is 0 Å². The molecule has 0 heterocycles. The average Bonchev–Trinajstić information content (AvgIpc) is 2.28. The molecule has 15 heavy (non-hydrogen) atoms. The Balaban J connectivity index is 2.77. The Morgan fingerprint density at radius 2 is 1.73 bits per heavy atom. The van der Waals surface area contributed by atoms with Crippen molar-refractivity contribution in [1.82, 2.24) is 0 Å². The van der Waals surface area contributed by atoms with E-state index >= 15 is 0 Å². The molecule has 0 atom stereocenters. The molecule has 0 saturated carbocycles. The number of phenolic OH excluding ortho intramolecular Hbond substituents is 1. The van der Waals surface area contributed by atoms with Crippen molar-refractivity contribution in [3.05, 3.63) is 42.0 Å². The van der Waals surface area contributed by atoms with Gasteiger partial charge in [0.05, 0.1) is 5.56 Å². The fourth-order valence-corrected chi connectivity index (χ4v) is 1.52. The first kappa shape index (κ1) is 9.48. The summed E-state index contributed by atoms with van der Waals surface area (Å²) in [5.41, 5.74) is 0.214. The molecule has 4 heteroatoms. The van der Waals surface area contributed by atoms with Crippen molar-refractivity contribution in [2.75, 3.05) is 0 Å². The largest absolute Gasteiger partial charge is 0.507 e. The molecular weight excluding hydrogens is 196 g/mol. The van der Waals surface area contributed by atoms with Crippen LogP contribution >= 0.6 is 0 Å². The lowest BCUT2D eigenvalue weighted by Crippen LogP contribution is -2.02. The van der Waals surface area contributed by atoms with E-state index in [9.17, 15) is 9.90 Å². The SMILES string of the molecule is O=C(OO)c1cccc2c(O)cccc12. The summed E-state index contributed by atoms with van der Waals surface area (Å²) in [4.78, 5) is 14.8. The van der Waals surface area contributed by atoms with E-state index in [1.54, 1.807) is 24.3 Å². The minimum Gasteiger partial charge on any atom is -0.507 e. The third kappa shape index (κ3) is 1.51. The fraction of sp³-hybridized carbons (Fsp3) is 0. The highest BCUT2D eigenvalue weighted by molar-refractivity contribution is 6.05. The molecule has 2 N–H and O–H groups in total. The van der Waals surface area contributed by atoms with Gasteiger partial charge in [-0.3, -0.25) is 4.89 Å². The summed E-state index contributed by atoms with van der Waals surface area (Å²) in [5, 5.41) is 18.9. The van der Waals surface area contributed by atoms with E-state index < -0.39 is 5.97 Å². The third-order valence-corrected chi connectivity index (χ3v) is 2.20. The molecule has 0 aliphatic rings. The zero-order valence-corrected chi connectivity index (χ0v) is 7.68. The summed E-state index contributed by atoms with van der Waals surface area (Å²) >= 11 is 0. The Kier molecular flexibility index (Phi) is 2.27. The van der Waals surface area contributed by atoms with Gasteiger partial charge in [-0.05, 0) is 17.5 Å². The fourth-order valence-electron chi connectivity index (χ4n) is 1.52. The van der Waals surface area contributed by atoms with E-state index in [-0.39, 0.29) is 11.3 Å². The normalized spacial score (nSPS) is 10.2. The number of benzene rings is 2. The highest BCUT2D eigenvalue weighted by Gasteiger charge is 2.12. The Bertz CT molecular complexity index is 519. The number of carbonyl (C=O) groups is 1. The van der Waals surface area contributed by atoms with Crippen LogP contribution in [0.5, 0.6) is 5.75 Å². The molecule has 2 rings (SSSR count). The number of aromatic hydroxyl groups is 1. The van der Waals surface area contributed by atoms with Crippen molar-refractivity contribution >= 4 is 16.7 Å². The Morgan fingerprint density at radius 3 is 2.47 bits per heavy atom. The maximum absolute atomic E-state index is 11.2. The number of hydrogen-bond acceptors (Lipinski definition) is 4. The molecule has 2 aromatic carbocycles. The number of hydrogen-bond donors (Lipinski definition) is 2. The lowest BCUT2D eigenvalue weighted by atomic mass is 10.0. The van der Waals surface area contributed by atoms with Crippen LogP contribution in [0, 0.1) is 0 Å². The average molecular weight is 204 g/mol. The zero-order chi connectivity index (χ0) is 10.8. The van der Waals surface area contributed by atoms with Gasteiger partial charge in [0, 0.05) is 5.39 Å². The molecule has 0 radical (unpaired) electrons. The molecule has 0 fully saturated rings. The predicted octanol–water partition coefficient (Wildman–Crippen LogP) is 2.18. The van der Waals surface area contributed by atoms with Gasteiger partial charge in [0.25, 0.3) is 0 Å². The van der Waals surface area contributed by atoms with Crippen molar-refractivity contribution in [3.63, 3.8) is 0 Å². The Hall–Kier alpha value is -2.07. The van der Waals surface area contributed by atoms with Gasteiger partial charge < -0.3 is 5.11 Å². The van der Waals surface area contributed by atoms with E-state index in [2.05, 4.69) is 4.89 Å². The van der Waals surface area contributed by atoms with E-state index in [0.29, 0.717) is 10.8 Å². The van der Waals surface area contributed by atoms with Crippen molar-refractivity contribution in [2.24, 2.45) is 0 Å². The monoisotopic (exact) mass is 204 g/mol. The van der Waals surface area contributed by atoms with E-state index in [1.807, 2.05) is 0 Å². The molecule has 0 spiro atoms. The smallest absolute Gasteiger partial charge is 0.373 e. The highest BCUT2D eigenvalue weighted by atomic mass is 17.1. The first-order valence-corrected chi connectivity index (χ1v) is 4.30. The standard InChI is InChI=1S/C11H8O4/c12-10-6-2-3-7-8(10)4-1-5-9(7)11(13)15-14/h1-6,12,14H. The number of fused-ring (bicyclic) bond motifs is 1. The maximum Gasteiger partial charge on any atom is 0.373 e. The molecule has 0 unspecified atom stereocenters. The van der Waals surface area contributed by atoms with Gasteiger partial charge in [-0.25, -0.2) is 4.79 Å². The third-order valence-electron chi connectivity index (χ3n) is 2.20. The molecule has 76 valence electrons. The number of rotatable bonds is 1. The number of carbonyl (C=O) groups excluding carboxylic acids is 1. The lowest BCUT2D eigenvalue weighted by Gasteiger charge is -2.04. The van der Waals surface area contributed by atoms with Crippen LogP contribution in [-0.2, 0) is 4.89 Å². The molecule has 2 aromatic rings. The van der Waals surface area contributed by atoms with Gasteiger partial charge in [0.1, 0.15) is 5.75 Å². The van der Waals surface area contributed by atoms with Crippen molar-refractivity contribution in [1.29, 1.82) is 0 Å². The molecule has 0 bridgehead atoms. The van der Waals surface area contributed by atoms with E-state index in [1.165, 1.54) is 12.1 Å². The highest BCUT2D eigenvalue weighted by Crippen LogP contribution is 2.26. The van der Waals surface area contributed by atoms with Crippen LogP contribution in [0.2, 0.25) is 0 Å². The van der Waals surface area contributed by atoms with Crippen molar-refractivity contribution < 1.29 is 20.0 Å². The molecule has 0 saturated heterocycles. The van der Waals surface area contributed by atoms with Crippen LogP contribution in [-0.4, -0.2) is 16.3 Å².